The molecule has 6 nitrogen and oxygen atoms in total. The Morgan fingerprint density at radius 2 is 2.16 bits per heavy atom. The van der Waals surface area contributed by atoms with Crippen molar-refractivity contribution >= 4 is 0 Å². The fraction of sp³-hybridized carbons (Fsp3) is 0.368. The molecule has 0 saturated heterocycles. The molecule has 130 valence electrons. The molecule has 0 spiro atoms. The first-order chi connectivity index (χ1) is 12.3. The van der Waals surface area contributed by atoms with E-state index < -0.39 is 0 Å². The third kappa shape index (κ3) is 3.74. The van der Waals surface area contributed by atoms with Crippen LogP contribution >= 0.6 is 0 Å². The molecule has 1 unspecified atom stereocenters. The number of pyridine rings is 1. The zero-order valence-electron chi connectivity index (χ0n) is 14.5. The summed E-state index contributed by atoms with van der Waals surface area (Å²) < 4.78 is 10.4. The van der Waals surface area contributed by atoms with Crippen LogP contribution in [0.1, 0.15) is 18.2 Å². The molecule has 0 N–H and O–H groups in total. The van der Waals surface area contributed by atoms with E-state index in [1.54, 1.807) is 6.20 Å². The minimum Gasteiger partial charge on any atom is -0.471 e. The van der Waals surface area contributed by atoms with Gasteiger partial charge in [0.1, 0.15) is 6.10 Å². The molecule has 1 atom stereocenters. The van der Waals surface area contributed by atoms with Gasteiger partial charge in [0.25, 0.3) is 0 Å². The number of hydrogen-bond acceptors (Lipinski definition) is 4. The smallest absolute Gasteiger partial charge is 0.213 e. The second-order valence-corrected chi connectivity index (χ2v) is 6.43. The van der Waals surface area contributed by atoms with Crippen molar-refractivity contribution in [2.75, 3.05) is 6.54 Å². The number of hydrogen-bond donors (Lipinski definition) is 0. The lowest BCUT2D eigenvalue weighted by Gasteiger charge is -2.23. The quantitative estimate of drug-likeness (QED) is 0.718. The van der Waals surface area contributed by atoms with Crippen molar-refractivity contribution in [2.45, 2.75) is 39.2 Å². The number of rotatable bonds is 5. The average Bonchev–Trinajstić information content (AvgIpc) is 3.22. The molecule has 1 aliphatic rings. The molecule has 1 aliphatic heterocycles. The number of fused-ring (bicyclic) bond motifs is 1. The maximum Gasteiger partial charge on any atom is 0.213 e. The van der Waals surface area contributed by atoms with Crippen LogP contribution in [-0.4, -0.2) is 36.9 Å². The molecule has 3 aromatic heterocycles. The third-order valence-corrected chi connectivity index (χ3v) is 4.51. The summed E-state index contributed by atoms with van der Waals surface area (Å²) in [6, 6.07) is 10.1. The summed E-state index contributed by atoms with van der Waals surface area (Å²) in [4.78, 5) is 6.73. The molecule has 0 bridgehead atoms. The summed E-state index contributed by atoms with van der Waals surface area (Å²) in [6.45, 7) is 6.47. The molecule has 3 aromatic rings. The van der Waals surface area contributed by atoms with Gasteiger partial charge < -0.3 is 9.30 Å². The highest BCUT2D eigenvalue weighted by molar-refractivity contribution is 5.13. The average molecular weight is 337 g/mol. The lowest BCUT2D eigenvalue weighted by molar-refractivity contribution is 0.119. The van der Waals surface area contributed by atoms with Crippen LogP contribution < -0.4 is 4.74 Å². The van der Waals surface area contributed by atoms with Crippen molar-refractivity contribution in [3.63, 3.8) is 0 Å². The molecule has 0 saturated carbocycles. The van der Waals surface area contributed by atoms with Crippen LogP contribution in [0.5, 0.6) is 5.88 Å². The molecule has 4 rings (SSSR count). The predicted molar refractivity (Wildman–Crippen MR) is 95.1 cm³/mol. The first-order valence-corrected chi connectivity index (χ1v) is 8.75. The van der Waals surface area contributed by atoms with E-state index >= 15 is 0 Å². The van der Waals surface area contributed by atoms with Crippen molar-refractivity contribution in [2.24, 2.45) is 0 Å². The lowest BCUT2D eigenvalue weighted by Crippen LogP contribution is -2.34. The maximum atomic E-state index is 6.16. The van der Waals surface area contributed by atoms with E-state index in [4.69, 9.17) is 4.74 Å². The third-order valence-electron chi connectivity index (χ3n) is 4.51. The minimum atomic E-state index is 0.0600. The van der Waals surface area contributed by atoms with Crippen molar-refractivity contribution in [1.82, 2.24) is 24.2 Å². The monoisotopic (exact) mass is 337 g/mol. The van der Waals surface area contributed by atoms with Crippen LogP contribution in [0.25, 0.3) is 0 Å². The molecule has 6 heteroatoms. The normalized spacial score (nSPS) is 17.9. The van der Waals surface area contributed by atoms with Crippen LogP contribution in [0.3, 0.4) is 0 Å². The highest BCUT2D eigenvalue weighted by Crippen LogP contribution is 2.19. The summed E-state index contributed by atoms with van der Waals surface area (Å²) >= 11 is 0. The van der Waals surface area contributed by atoms with Crippen molar-refractivity contribution in [3.8, 4) is 5.88 Å². The van der Waals surface area contributed by atoms with Gasteiger partial charge in [0.2, 0.25) is 5.88 Å². The van der Waals surface area contributed by atoms with Gasteiger partial charge >= 0.3 is 0 Å². The molecule has 0 aromatic carbocycles. The Balaban J connectivity index is 1.52. The lowest BCUT2D eigenvalue weighted by atomic mass is 10.2. The van der Waals surface area contributed by atoms with E-state index in [9.17, 15) is 0 Å². The second kappa shape index (κ2) is 7.11. The molecular formula is C19H23N5O. The van der Waals surface area contributed by atoms with E-state index in [2.05, 4.69) is 51.0 Å². The van der Waals surface area contributed by atoms with Gasteiger partial charge in [0.15, 0.2) is 0 Å². The van der Waals surface area contributed by atoms with Crippen molar-refractivity contribution in [3.05, 3.63) is 66.4 Å². The maximum absolute atomic E-state index is 6.16. The van der Waals surface area contributed by atoms with Crippen LogP contribution in [0, 0.1) is 0 Å². The highest BCUT2D eigenvalue weighted by Gasteiger charge is 2.23. The van der Waals surface area contributed by atoms with E-state index in [1.807, 2.05) is 29.1 Å². The molecule has 4 heterocycles. The summed E-state index contributed by atoms with van der Waals surface area (Å²) in [7, 11) is 0. The van der Waals surface area contributed by atoms with Gasteiger partial charge in [-0.15, -0.1) is 0 Å². The summed E-state index contributed by atoms with van der Waals surface area (Å²) in [5.74, 6) is 0.682. The highest BCUT2D eigenvalue weighted by atomic mass is 16.5. The fourth-order valence-electron chi connectivity index (χ4n) is 3.33. The SMILES string of the molecule is CCn1cc(CN2Cc3cccn3CC(Oc3ccccn3)C2)cn1. The van der Waals surface area contributed by atoms with Gasteiger partial charge in [-0.3, -0.25) is 9.58 Å². The van der Waals surface area contributed by atoms with Gasteiger partial charge in [-0.25, -0.2) is 4.98 Å². The van der Waals surface area contributed by atoms with Crippen molar-refractivity contribution < 1.29 is 4.74 Å². The first kappa shape index (κ1) is 15.9. The van der Waals surface area contributed by atoms with E-state index in [0.717, 1.165) is 32.7 Å². The van der Waals surface area contributed by atoms with E-state index in [0.29, 0.717) is 5.88 Å². The summed E-state index contributed by atoms with van der Waals surface area (Å²) in [5, 5.41) is 4.39. The van der Waals surface area contributed by atoms with Crippen LogP contribution in [0.2, 0.25) is 0 Å². The Hall–Kier alpha value is -2.60. The zero-order chi connectivity index (χ0) is 17.1. The van der Waals surface area contributed by atoms with Gasteiger partial charge in [0, 0.05) is 62.1 Å². The number of aromatic nitrogens is 4. The Kier molecular flexibility index (Phi) is 4.52. The van der Waals surface area contributed by atoms with E-state index in [-0.39, 0.29) is 6.10 Å². The Morgan fingerprint density at radius 3 is 2.96 bits per heavy atom. The first-order valence-electron chi connectivity index (χ1n) is 8.75. The summed E-state index contributed by atoms with van der Waals surface area (Å²) in [6.07, 6.45) is 8.04. The minimum absolute atomic E-state index is 0.0600. The van der Waals surface area contributed by atoms with Crippen molar-refractivity contribution in [1.29, 1.82) is 0 Å². The van der Waals surface area contributed by atoms with Gasteiger partial charge in [0.05, 0.1) is 12.7 Å². The second-order valence-electron chi connectivity index (χ2n) is 6.43. The largest absolute Gasteiger partial charge is 0.471 e. The predicted octanol–water partition coefficient (Wildman–Crippen LogP) is 2.56. The molecule has 0 radical (unpaired) electrons. The molecule has 0 aliphatic carbocycles. The van der Waals surface area contributed by atoms with Gasteiger partial charge in [-0.05, 0) is 25.1 Å². The molecule has 0 fully saturated rings. The Bertz CT molecular complexity index is 810. The molecular weight excluding hydrogens is 314 g/mol. The zero-order valence-corrected chi connectivity index (χ0v) is 14.5. The topological polar surface area (TPSA) is 48.1 Å². The molecule has 25 heavy (non-hydrogen) atoms. The van der Waals surface area contributed by atoms with E-state index in [1.165, 1.54) is 11.3 Å². The molecule has 0 amide bonds. The van der Waals surface area contributed by atoms with Crippen LogP contribution in [-0.2, 0) is 26.2 Å². The number of aryl methyl sites for hydroxylation is 1. The van der Waals surface area contributed by atoms with Crippen LogP contribution in [0.4, 0.5) is 0 Å². The number of nitrogens with zero attached hydrogens (tertiary/aromatic N) is 5. The number of ether oxygens (including phenoxy) is 1. The fourth-order valence-corrected chi connectivity index (χ4v) is 3.33. The van der Waals surface area contributed by atoms with Crippen LogP contribution in [0.15, 0.2) is 55.1 Å². The van der Waals surface area contributed by atoms with Gasteiger partial charge in [-0.1, -0.05) is 6.07 Å². The summed E-state index contributed by atoms with van der Waals surface area (Å²) in [5.41, 5.74) is 2.55. The Labute approximate surface area is 147 Å². The Morgan fingerprint density at radius 1 is 1.20 bits per heavy atom. The standard InChI is InChI=1S/C19H23N5O/c1-2-24-12-16(10-21-24)11-22-13-17-6-5-9-23(17)15-18(14-22)25-19-7-3-4-8-20-19/h3-10,12,18H,2,11,13-15H2,1H3. The van der Waals surface area contributed by atoms with Gasteiger partial charge in [-0.2, -0.15) is 5.10 Å².